The van der Waals surface area contributed by atoms with Crippen molar-refractivity contribution in [2.45, 2.75) is 26.9 Å². The molecule has 0 aliphatic carbocycles. The highest BCUT2D eigenvalue weighted by Gasteiger charge is 2.24. The fourth-order valence-corrected chi connectivity index (χ4v) is 0.941. The topological polar surface area (TPSA) is 50.9 Å². The Kier molecular flexibility index (Phi) is 3.89. The zero-order valence-electron chi connectivity index (χ0n) is 9.13. The van der Waals surface area contributed by atoms with E-state index in [0.29, 0.717) is 6.61 Å². The van der Waals surface area contributed by atoms with Gasteiger partial charge in [0.1, 0.15) is 12.7 Å². The van der Waals surface area contributed by atoms with E-state index in [1.165, 1.54) is 0 Å². The van der Waals surface area contributed by atoms with Crippen LogP contribution in [0.1, 0.15) is 20.8 Å². The summed E-state index contributed by atoms with van der Waals surface area (Å²) in [5.74, 6) is -0.204. The number of hydrogen-bond donors (Lipinski definition) is 1. The van der Waals surface area contributed by atoms with E-state index in [-0.39, 0.29) is 24.0 Å². The molecule has 1 aliphatic rings. The maximum absolute atomic E-state index is 11.1. The molecular weight excluding hydrogens is 182 g/mol. The molecule has 0 bridgehead atoms. The second-order valence-electron chi connectivity index (χ2n) is 4.80. The number of carbonyl (C=O) groups is 1. The lowest BCUT2D eigenvalue weighted by molar-refractivity contribution is -0.143. The molecule has 1 unspecified atom stereocenters. The molecule has 1 rings (SSSR count). The molecule has 1 N–H and O–H groups in total. The largest absolute Gasteiger partial charge is 0.462 e. The van der Waals surface area contributed by atoms with Crippen molar-refractivity contribution in [3.05, 3.63) is 0 Å². The van der Waals surface area contributed by atoms with Gasteiger partial charge in [-0.2, -0.15) is 0 Å². The van der Waals surface area contributed by atoms with Crippen molar-refractivity contribution in [2.75, 3.05) is 26.3 Å². The van der Waals surface area contributed by atoms with E-state index in [1.54, 1.807) is 0 Å². The molecule has 0 aromatic carbocycles. The number of carbonyl (C=O) groups excluding carboxylic acids is 1. The Labute approximate surface area is 85.0 Å². The molecule has 4 heteroatoms. The monoisotopic (exact) mass is 201 g/mol. The van der Waals surface area contributed by atoms with Gasteiger partial charge in [-0.1, -0.05) is 20.8 Å². The maximum Gasteiger partial charge on any atom is 0.320 e. The minimum atomic E-state index is -0.204. The van der Waals surface area contributed by atoms with Crippen LogP contribution in [0.4, 0.5) is 0 Å². The molecule has 0 saturated carbocycles. The summed E-state index contributed by atoms with van der Waals surface area (Å²) in [5, 5.41) is 3.05. The molecule has 1 saturated heterocycles. The number of hydrogen-bond acceptors (Lipinski definition) is 4. The maximum atomic E-state index is 11.1. The average molecular weight is 201 g/mol. The summed E-state index contributed by atoms with van der Waals surface area (Å²) >= 11 is 0. The van der Waals surface area contributed by atoms with Gasteiger partial charge in [0.25, 0.3) is 0 Å². The lowest BCUT2D eigenvalue weighted by atomic mass is 9.97. The molecule has 0 aromatic rings. The first-order chi connectivity index (χ1) is 6.47. The Bertz CT molecular complexity index is 194. The summed E-state index contributed by atoms with van der Waals surface area (Å²) in [6.45, 7) is 8.56. The predicted molar refractivity (Wildman–Crippen MR) is 53.0 cm³/mol. The minimum Gasteiger partial charge on any atom is -0.462 e. The summed E-state index contributed by atoms with van der Waals surface area (Å²) in [4.78, 5) is 11.1. The van der Waals surface area contributed by atoms with Crippen molar-refractivity contribution in [2.24, 2.45) is 5.41 Å². The second-order valence-corrected chi connectivity index (χ2v) is 4.80. The third-order valence-corrected chi connectivity index (χ3v) is 1.76. The zero-order chi connectivity index (χ0) is 10.6. The Hall–Kier alpha value is -0.610. The lowest BCUT2D eigenvalue weighted by Crippen LogP contribution is -2.32. The third kappa shape index (κ3) is 5.94. The molecule has 82 valence electrons. The zero-order valence-corrected chi connectivity index (χ0v) is 9.13. The van der Waals surface area contributed by atoms with E-state index in [4.69, 9.17) is 9.47 Å². The second kappa shape index (κ2) is 4.75. The Balaban J connectivity index is 1.96. The number of epoxide rings is 1. The van der Waals surface area contributed by atoms with E-state index >= 15 is 0 Å². The fraction of sp³-hybridized carbons (Fsp3) is 0.900. The van der Waals surface area contributed by atoms with Gasteiger partial charge in [0.2, 0.25) is 0 Å². The van der Waals surface area contributed by atoms with Crippen molar-refractivity contribution in [3.63, 3.8) is 0 Å². The van der Waals surface area contributed by atoms with E-state index in [1.807, 2.05) is 0 Å². The van der Waals surface area contributed by atoms with Crippen molar-refractivity contribution in [1.82, 2.24) is 5.32 Å². The van der Waals surface area contributed by atoms with Crippen molar-refractivity contribution < 1.29 is 14.3 Å². The van der Waals surface area contributed by atoms with Gasteiger partial charge in [0.15, 0.2) is 0 Å². The van der Waals surface area contributed by atoms with Gasteiger partial charge < -0.3 is 14.8 Å². The van der Waals surface area contributed by atoms with Gasteiger partial charge >= 0.3 is 5.97 Å². The molecule has 1 aliphatic heterocycles. The van der Waals surface area contributed by atoms with E-state index in [0.717, 1.165) is 13.2 Å². The minimum absolute atomic E-state index is 0.154. The van der Waals surface area contributed by atoms with E-state index < -0.39 is 0 Å². The van der Waals surface area contributed by atoms with Gasteiger partial charge in [-0.15, -0.1) is 0 Å². The van der Waals surface area contributed by atoms with Crippen LogP contribution >= 0.6 is 0 Å². The number of ether oxygens (including phenoxy) is 2. The van der Waals surface area contributed by atoms with Crippen LogP contribution in [0, 0.1) is 5.41 Å². The van der Waals surface area contributed by atoms with Crippen LogP contribution in [-0.2, 0) is 14.3 Å². The van der Waals surface area contributed by atoms with Crippen LogP contribution in [0.5, 0.6) is 0 Å². The highest BCUT2D eigenvalue weighted by atomic mass is 16.6. The first-order valence-corrected chi connectivity index (χ1v) is 4.95. The van der Waals surface area contributed by atoms with Crippen molar-refractivity contribution >= 4 is 5.97 Å². The van der Waals surface area contributed by atoms with Crippen LogP contribution in [0.3, 0.4) is 0 Å². The molecular formula is C10H19NO3. The molecule has 14 heavy (non-hydrogen) atoms. The Morgan fingerprint density at radius 2 is 2.21 bits per heavy atom. The van der Waals surface area contributed by atoms with Crippen LogP contribution in [0.15, 0.2) is 0 Å². The molecule has 1 atom stereocenters. The lowest BCUT2D eigenvalue weighted by Gasteiger charge is -2.18. The van der Waals surface area contributed by atoms with Crippen LogP contribution < -0.4 is 5.32 Å². The molecule has 0 radical (unpaired) electrons. The van der Waals surface area contributed by atoms with Gasteiger partial charge in [0, 0.05) is 6.54 Å². The van der Waals surface area contributed by atoms with Crippen LogP contribution in [-0.4, -0.2) is 38.4 Å². The standard InChI is InChI=1S/C10H19NO3/c1-10(2,3)7-11-4-9(12)14-6-8-5-13-8/h8,11H,4-7H2,1-3H3. The normalized spacial score (nSPS) is 20.6. The smallest absolute Gasteiger partial charge is 0.320 e. The van der Waals surface area contributed by atoms with E-state index in [2.05, 4.69) is 26.1 Å². The Morgan fingerprint density at radius 1 is 1.57 bits per heavy atom. The number of rotatable bonds is 5. The third-order valence-electron chi connectivity index (χ3n) is 1.76. The van der Waals surface area contributed by atoms with Crippen LogP contribution in [0.25, 0.3) is 0 Å². The predicted octanol–water partition coefficient (Wildman–Crippen LogP) is 0.564. The molecule has 1 heterocycles. The quantitative estimate of drug-likeness (QED) is 0.522. The Morgan fingerprint density at radius 3 is 2.71 bits per heavy atom. The van der Waals surface area contributed by atoms with Crippen molar-refractivity contribution in [1.29, 1.82) is 0 Å². The molecule has 0 spiro atoms. The number of nitrogens with one attached hydrogen (secondary N) is 1. The summed E-state index contributed by atoms with van der Waals surface area (Å²) in [6.07, 6.45) is 0.154. The summed E-state index contributed by atoms with van der Waals surface area (Å²) in [7, 11) is 0. The van der Waals surface area contributed by atoms with Gasteiger partial charge in [-0.05, 0) is 5.41 Å². The highest BCUT2D eigenvalue weighted by Crippen LogP contribution is 2.10. The summed E-state index contributed by atoms with van der Waals surface area (Å²) in [6, 6.07) is 0. The van der Waals surface area contributed by atoms with E-state index in [9.17, 15) is 4.79 Å². The fourth-order valence-electron chi connectivity index (χ4n) is 0.941. The molecule has 1 fully saturated rings. The van der Waals surface area contributed by atoms with Gasteiger partial charge in [0.05, 0.1) is 13.2 Å². The average Bonchev–Trinajstić information content (AvgIpc) is 2.81. The molecule has 0 amide bonds. The first kappa shape index (κ1) is 11.5. The first-order valence-electron chi connectivity index (χ1n) is 4.95. The van der Waals surface area contributed by atoms with Gasteiger partial charge in [-0.3, -0.25) is 4.79 Å². The molecule has 4 nitrogen and oxygen atoms in total. The summed E-state index contributed by atoms with van der Waals surface area (Å²) in [5.41, 5.74) is 0.194. The van der Waals surface area contributed by atoms with Crippen molar-refractivity contribution in [3.8, 4) is 0 Å². The highest BCUT2D eigenvalue weighted by molar-refractivity contribution is 5.71. The van der Waals surface area contributed by atoms with Gasteiger partial charge in [-0.25, -0.2) is 0 Å². The SMILES string of the molecule is CC(C)(C)CNCC(=O)OCC1CO1. The van der Waals surface area contributed by atoms with Crippen LogP contribution in [0.2, 0.25) is 0 Å². The molecule has 0 aromatic heterocycles. The summed E-state index contributed by atoms with van der Waals surface area (Å²) < 4.78 is 9.87. The number of esters is 1.